The van der Waals surface area contributed by atoms with Crippen LogP contribution in [0.25, 0.3) is 27.6 Å². The first-order chi connectivity index (χ1) is 12.7. The smallest absolute Gasteiger partial charge is 0.369 e. The third kappa shape index (κ3) is 2.92. The van der Waals surface area contributed by atoms with Crippen molar-refractivity contribution in [2.75, 3.05) is 0 Å². The van der Waals surface area contributed by atoms with Gasteiger partial charge in [-0.1, -0.05) is 6.07 Å². The summed E-state index contributed by atoms with van der Waals surface area (Å²) in [6.45, 7) is 0. The van der Waals surface area contributed by atoms with E-state index in [0.717, 1.165) is 34.0 Å². The molecule has 2 aromatic carbocycles. The van der Waals surface area contributed by atoms with Crippen LogP contribution in [0.1, 0.15) is 11.1 Å². The highest BCUT2D eigenvalue weighted by atomic mass is 19.4. The van der Waals surface area contributed by atoms with E-state index in [9.17, 15) is 18.0 Å². The van der Waals surface area contributed by atoms with Crippen LogP contribution in [0.3, 0.4) is 0 Å². The van der Waals surface area contributed by atoms with Gasteiger partial charge in [0, 0.05) is 29.7 Å². The number of carbonyl (C=O) groups excluding carboxylic acids is 1. The lowest BCUT2D eigenvalue weighted by molar-refractivity contribution is -0.137. The molecule has 0 atom stereocenters. The number of amides is 1. The number of halogens is 3. The van der Waals surface area contributed by atoms with Gasteiger partial charge in [0.15, 0.2) is 5.65 Å². The molecule has 0 saturated heterocycles. The standard InChI is InChI=1S/C19H15F3N4O/c1-25-10-15-14-8-11(9-17(23)27)2-7-16(14)26(18(15)24-25)13-5-3-12(4-6-13)19(20,21)22/h2-8,10H,9H2,1H3,(H2,23,27). The SMILES string of the molecule is Cn1cc2c3cc(CC(N)=O)ccc3n(-c3ccc(C(F)(F)F)cc3)c2n1. The highest BCUT2D eigenvalue weighted by Crippen LogP contribution is 2.34. The summed E-state index contributed by atoms with van der Waals surface area (Å²) in [6, 6.07) is 10.4. The lowest BCUT2D eigenvalue weighted by atomic mass is 10.1. The van der Waals surface area contributed by atoms with E-state index in [0.29, 0.717) is 11.3 Å². The fourth-order valence-corrected chi connectivity index (χ4v) is 3.31. The van der Waals surface area contributed by atoms with Crippen LogP contribution in [-0.2, 0) is 24.4 Å². The minimum absolute atomic E-state index is 0.114. The van der Waals surface area contributed by atoms with Gasteiger partial charge in [-0.15, -0.1) is 0 Å². The van der Waals surface area contributed by atoms with Gasteiger partial charge in [-0.2, -0.15) is 18.3 Å². The lowest BCUT2D eigenvalue weighted by Crippen LogP contribution is -2.13. The molecule has 0 radical (unpaired) electrons. The maximum Gasteiger partial charge on any atom is 0.416 e. The number of primary amides is 1. The van der Waals surface area contributed by atoms with Crippen molar-refractivity contribution < 1.29 is 18.0 Å². The molecule has 138 valence electrons. The summed E-state index contributed by atoms with van der Waals surface area (Å²) < 4.78 is 42.0. The van der Waals surface area contributed by atoms with Crippen molar-refractivity contribution in [1.82, 2.24) is 14.3 Å². The van der Waals surface area contributed by atoms with Gasteiger partial charge >= 0.3 is 6.18 Å². The molecule has 0 unspecified atom stereocenters. The van der Waals surface area contributed by atoms with Crippen molar-refractivity contribution in [3.63, 3.8) is 0 Å². The molecule has 0 aliphatic heterocycles. The van der Waals surface area contributed by atoms with E-state index >= 15 is 0 Å². The van der Waals surface area contributed by atoms with Crippen molar-refractivity contribution >= 4 is 27.8 Å². The first kappa shape index (κ1) is 17.1. The number of nitrogens with two attached hydrogens (primary N) is 1. The van der Waals surface area contributed by atoms with E-state index in [4.69, 9.17) is 5.73 Å². The molecular weight excluding hydrogens is 357 g/mol. The van der Waals surface area contributed by atoms with Crippen molar-refractivity contribution in [1.29, 1.82) is 0 Å². The summed E-state index contributed by atoms with van der Waals surface area (Å²) in [4.78, 5) is 11.2. The Hall–Kier alpha value is -3.29. The Morgan fingerprint density at radius 3 is 2.44 bits per heavy atom. The van der Waals surface area contributed by atoms with Crippen LogP contribution >= 0.6 is 0 Å². The van der Waals surface area contributed by atoms with Crippen LogP contribution in [0.5, 0.6) is 0 Å². The van der Waals surface area contributed by atoms with Gasteiger partial charge in [-0.05, 0) is 42.0 Å². The first-order valence-corrected chi connectivity index (χ1v) is 8.16. The Kier molecular flexibility index (Phi) is 3.73. The summed E-state index contributed by atoms with van der Waals surface area (Å²) in [7, 11) is 1.77. The van der Waals surface area contributed by atoms with Crippen molar-refractivity contribution in [3.05, 3.63) is 59.8 Å². The number of benzene rings is 2. The van der Waals surface area contributed by atoms with Crippen LogP contribution in [-0.4, -0.2) is 20.3 Å². The fraction of sp³-hybridized carbons (Fsp3) is 0.158. The second-order valence-electron chi connectivity index (χ2n) is 6.41. The molecule has 0 saturated carbocycles. The molecule has 2 aromatic heterocycles. The molecule has 1 amide bonds. The van der Waals surface area contributed by atoms with Crippen molar-refractivity contribution in [3.8, 4) is 5.69 Å². The van der Waals surface area contributed by atoms with Gasteiger partial charge in [-0.3, -0.25) is 14.0 Å². The second kappa shape index (κ2) is 5.87. The van der Waals surface area contributed by atoms with Crippen LogP contribution in [0.15, 0.2) is 48.7 Å². The van der Waals surface area contributed by atoms with E-state index in [1.54, 1.807) is 22.4 Å². The van der Waals surface area contributed by atoms with Gasteiger partial charge in [0.05, 0.1) is 17.5 Å². The normalized spacial score (nSPS) is 12.1. The van der Waals surface area contributed by atoms with Crippen LogP contribution in [0.4, 0.5) is 13.2 Å². The zero-order valence-electron chi connectivity index (χ0n) is 14.3. The minimum atomic E-state index is -4.39. The Balaban J connectivity index is 1.94. The molecule has 0 bridgehead atoms. The second-order valence-corrected chi connectivity index (χ2v) is 6.41. The fourth-order valence-electron chi connectivity index (χ4n) is 3.31. The molecule has 4 aromatic rings. The predicted octanol–water partition coefficient (Wildman–Crippen LogP) is 3.56. The number of fused-ring (bicyclic) bond motifs is 3. The number of hydrogen-bond acceptors (Lipinski definition) is 2. The number of hydrogen-bond donors (Lipinski definition) is 1. The topological polar surface area (TPSA) is 65.8 Å². The van der Waals surface area contributed by atoms with Crippen LogP contribution in [0.2, 0.25) is 0 Å². The number of nitrogens with zero attached hydrogens (tertiary/aromatic N) is 3. The van der Waals surface area contributed by atoms with Gasteiger partial charge in [0.25, 0.3) is 0 Å². The van der Waals surface area contributed by atoms with Gasteiger partial charge in [-0.25, -0.2) is 0 Å². The average Bonchev–Trinajstić information content (AvgIpc) is 3.08. The maximum atomic E-state index is 12.9. The molecule has 0 fully saturated rings. The molecule has 0 spiro atoms. The number of carbonyl (C=O) groups is 1. The van der Waals surface area contributed by atoms with Crippen LogP contribution in [0, 0.1) is 0 Å². The zero-order chi connectivity index (χ0) is 19.3. The van der Waals surface area contributed by atoms with E-state index < -0.39 is 17.6 Å². The highest BCUT2D eigenvalue weighted by Gasteiger charge is 2.30. The van der Waals surface area contributed by atoms with Gasteiger partial charge in [0.1, 0.15) is 0 Å². The van der Waals surface area contributed by atoms with E-state index in [1.807, 2.05) is 18.3 Å². The summed E-state index contributed by atoms with van der Waals surface area (Å²) in [5.41, 5.74) is 7.34. The van der Waals surface area contributed by atoms with Crippen molar-refractivity contribution in [2.24, 2.45) is 12.8 Å². The summed E-state index contributed by atoms with van der Waals surface area (Å²) >= 11 is 0. The van der Waals surface area contributed by atoms with Gasteiger partial charge in [0.2, 0.25) is 5.91 Å². The van der Waals surface area contributed by atoms with Gasteiger partial charge < -0.3 is 5.73 Å². The third-order valence-corrected chi connectivity index (χ3v) is 4.44. The lowest BCUT2D eigenvalue weighted by Gasteiger charge is -2.10. The number of alkyl halides is 3. The highest BCUT2D eigenvalue weighted by molar-refractivity contribution is 6.08. The third-order valence-electron chi connectivity index (χ3n) is 4.44. The van der Waals surface area contributed by atoms with E-state index in [-0.39, 0.29) is 6.42 Å². The zero-order valence-corrected chi connectivity index (χ0v) is 14.3. The molecule has 0 aliphatic rings. The average molecular weight is 372 g/mol. The number of aryl methyl sites for hydroxylation is 1. The molecule has 5 nitrogen and oxygen atoms in total. The molecular formula is C19H15F3N4O. The monoisotopic (exact) mass is 372 g/mol. The van der Waals surface area contributed by atoms with E-state index in [2.05, 4.69) is 5.10 Å². The molecule has 27 heavy (non-hydrogen) atoms. The summed E-state index contributed by atoms with van der Waals surface area (Å²) in [5.74, 6) is -0.432. The molecule has 2 heterocycles. The minimum Gasteiger partial charge on any atom is -0.369 e. The first-order valence-electron chi connectivity index (χ1n) is 8.16. The molecule has 4 rings (SSSR count). The Labute approximate surface area is 151 Å². The summed E-state index contributed by atoms with van der Waals surface area (Å²) in [5, 5.41) is 6.16. The molecule has 0 aliphatic carbocycles. The van der Waals surface area contributed by atoms with Crippen molar-refractivity contribution in [2.45, 2.75) is 12.6 Å². The number of aromatic nitrogens is 3. The Morgan fingerprint density at radius 1 is 1.11 bits per heavy atom. The van der Waals surface area contributed by atoms with Crippen LogP contribution < -0.4 is 5.73 Å². The summed E-state index contributed by atoms with van der Waals surface area (Å²) in [6.07, 6.45) is -2.43. The maximum absolute atomic E-state index is 12.9. The molecule has 2 N–H and O–H groups in total. The predicted molar refractivity (Wildman–Crippen MR) is 95.4 cm³/mol. The largest absolute Gasteiger partial charge is 0.416 e. The Morgan fingerprint density at radius 2 is 1.81 bits per heavy atom. The van der Waals surface area contributed by atoms with E-state index in [1.165, 1.54) is 12.1 Å². The molecule has 8 heteroatoms. The quantitative estimate of drug-likeness (QED) is 0.598. The number of rotatable bonds is 3. The Bertz CT molecular complexity index is 1170.